The lowest BCUT2D eigenvalue weighted by Gasteiger charge is -2.28. The lowest BCUT2D eigenvalue weighted by molar-refractivity contribution is -0.137. The first kappa shape index (κ1) is 13.4. The Labute approximate surface area is 105 Å². The maximum Gasteiger partial charge on any atom is 0.416 e. The Morgan fingerprint density at radius 2 is 1.72 bits per heavy atom. The van der Waals surface area contributed by atoms with Gasteiger partial charge in [-0.15, -0.1) is 0 Å². The van der Waals surface area contributed by atoms with E-state index in [0.29, 0.717) is 12.5 Å². The van der Waals surface area contributed by atoms with Crippen LogP contribution in [0.5, 0.6) is 0 Å². The summed E-state index contributed by atoms with van der Waals surface area (Å²) >= 11 is 0. The zero-order chi connectivity index (χ0) is 13.4. The van der Waals surface area contributed by atoms with Gasteiger partial charge in [-0.2, -0.15) is 13.2 Å². The van der Waals surface area contributed by atoms with Crippen molar-refractivity contribution >= 4 is 0 Å². The Balaban J connectivity index is 2.10. The molecule has 1 unspecified atom stereocenters. The number of hydrogen-bond acceptors (Lipinski definition) is 1. The van der Waals surface area contributed by atoms with Crippen LogP contribution in [-0.2, 0) is 12.6 Å². The molecule has 1 saturated carbocycles. The molecule has 1 aliphatic rings. The molecule has 1 aliphatic carbocycles. The maximum absolute atomic E-state index is 12.4. The number of benzene rings is 1. The molecule has 0 heterocycles. The van der Waals surface area contributed by atoms with Gasteiger partial charge in [-0.25, -0.2) is 0 Å². The van der Waals surface area contributed by atoms with Gasteiger partial charge in [0.1, 0.15) is 0 Å². The average molecular weight is 257 g/mol. The third kappa shape index (κ3) is 2.86. The van der Waals surface area contributed by atoms with Crippen LogP contribution < -0.4 is 5.73 Å². The Morgan fingerprint density at radius 3 is 2.11 bits per heavy atom. The van der Waals surface area contributed by atoms with Crippen molar-refractivity contribution in [1.29, 1.82) is 0 Å². The molecule has 2 N–H and O–H groups in total. The summed E-state index contributed by atoms with van der Waals surface area (Å²) in [6.07, 6.45) is -1.12. The first-order valence-electron chi connectivity index (χ1n) is 6.21. The van der Waals surface area contributed by atoms with E-state index >= 15 is 0 Å². The lowest BCUT2D eigenvalue weighted by atomic mass is 9.79. The zero-order valence-corrected chi connectivity index (χ0v) is 10.4. The van der Waals surface area contributed by atoms with Crippen LogP contribution in [0.4, 0.5) is 13.2 Å². The number of rotatable bonds is 4. The Hall–Kier alpha value is -1.03. The van der Waals surface area contributed by atoms with Gasteiger partial charge in [0.15, 0.2) is 0 Å². The topological polar surface area (TPSA) is 26.0 Å². The quantitative estimate of drug-likeness (QED) is 0.875. The van der Waals surface area contributed by atoms with Crippen molar-refractivity contribution < 1.29 is 13.2 Å². The van der Waals surface area contributed by atoms with E-state index in [2.05, 4.69) is 6.92 Å². The Kier molecular flexibility index (Phi) is 3.41. The molecule has 1 fully saturated rings. The third-order valence-electron chi connectivity index (χ3n) is 3.92. The molecule has 4 heteroatoms. The van der Waals surface area contributed by atoms with Crippen LogP contribution in [0.1, 0.15) is 30.9 Å². The van der Waals surface area contributed by atoms with Crippen LogP contribution in [0, 0.1) is 11.3 Å². The van der Waals surface area contributed by atoms with E-state index in [9.17, 15) is 13.2 Å². The molecular weight excluding hydrogens is 239 g/mol. The summed E-state index contributed by atoms with van der Waals surface area (Å²) in [6, 6.07) is 5.44. The van der Waals surface area contributed by atoms with E-state index < -0.39 is 11.7 Å². The summed E-state index contributed by atoms with van der Waals surface area (Å²) in [4.78, 5) is 0. The second kappa shape index (κ2) is 4.57. The fourth-order valence-corrected chi connectivity index (χ4v) is 2.44. The number of nitrogens with two attached hydrogens (primary N) is 1. The summed E-state index contributed by atoms with van der Waals surface area (Å²) in [5, 5.41) is 0. The summed E-state index contributed by atoms with van der Waals surface area (Å²) in [7, 11) is 0. The van der Waals surface area contributed by atoms with E-state index in [1.807, 2.05) is 0 Å². The Bertz CT molecular complexity index is 406. The second-order valence-corrected chi connectivity index (χ2v) is 5.50. The molecule has 1 nitrogen and oxygen atoms in total. The number of alkyl halides is 3. The average Bonchev–Trinajstić information content (AvgIpc) is 3.12. The molecule has 0 amide bonds. The van der Waals surface area contributed by atoms with Gasteiger partial charge in [0, 0.05) is 0 Å². The predicted octanol–water partition coefficient (Wildman–Crippen LogP) is 3.62. The van der Waals surface area contributed by atoms with E-state index in [1.165, 1.54) is 12.8 Å². The molecule has 18 heavy (non-hydrogen) atoms. The highest BCUT2D eigenvalue weighted by Gasteiger charge is 2.40. The van der Waals surface area contributed by atoms with Gasteiger partial charge in [0.05, 0.1) is 5.56 Å². The SMILES string of the molecule is CC(CN)(Cc1ccc(C(F)(F)F)cc1)C1CC1. The third-order valence-corrected chi connectivity index (χ3v) is 3.92. The Morgan fingerprint density at radius 1 is 1.17 bits per heavy atom. The summed E-state index contributed by atoms with van der Waals surface area (Å²) < 4.78 is 37.3. The van der Waals surface area contributed by atoms with Gasteiger partial charge >= 0.3 is 6.18 Å². The molecule has 0 bridgehead atoms. The van der Waals surface area contributed by atoms with Crippen molar-refractivity contribution in [1.82, 2.24) is 0 Å². The molecule has 1 aromatic rings. The molecule has 0 aromatic heterocycles. The summed E-state index contributed by atoms with van der Waals surface area (Å²) in [6.45, 7) is 2.71. The van der Waals surface area contributed by atoms with Gasteiger partial charge in [-0.3, -0.25) is 0 Å². The van der Waals surface area contributed by atoms with Crippen molar-refractivity contribution in [2.24, 2.45) is 17.1 Å². The van der Waals surface area contributed by atoms with Crippen LogP contribution >= 0.6 is 0 Å². The minimum atomic E-state index is -4.26. The molecule has 1 atom stereocenters. The van der Waals surface area contributed by atoms with Crippen LogP contribution in [0.15, 0.2) is 24.3 Å². The lowest BCUT2D eigenvalue weighted by Crippen LogP contribution is -2.31. The molecule has 0 saturated heterocycles. The fraction of sp³-hybridized carbons (Fsp3) is 0.571. The van der Waals surface area contributed by atoms with Gasteiger partial charge in [0.25, 0.3) is 0 Å². The number of hydrogen-bond donors (Lipinski definition) is 1. The molecule has 1 aromatic carbocycles. The zero-order valence-electron chi connectivity index (χ0n) is 10.4. The smallest absolute Gasteiger partial charge is 0.330 e. The van der Waals surface area contributed by atoms with Crippen LogP contribution in [0.2, 0.25) is 0 Å². The first-order chi connectivity index (χ1) is 8.35. The van der Waals surface area contributed by atoms with Gasteiger partial charge in [-0.05, 0) is 54.8 Å². The molecular formula is C14H18F3N. The molecule has 2 rings (SSSR count). The van der Waals surface area contributed by atoms with Gasteiger partial charge in [0.2, 0.25) is 0 Å². The monoisotopic (exact) mass is 257 g/mol. The largest absolute Gasteiger partial charge is 0.416 e. The normalized spacial score (nSPS) is 19.6. The molecule has 0 radical (unpaired) electrons. The van der Waals surface area contributed by atoms with E-state index in [4.69, 9.17) is 5.73 Å². The van der Waals surface area contributed by atoms with Crippen molar-refractivity contribution in [3.8, 4) is 0 Å². The van der Waals surface area contributed by atoms with Crippen LogP contribution in [0.3, 0.4) is 0 Å². The van der Waals surface area contributed by atoms with Crippen LogP contribution in [-0.4, -0.2) is 6.54 Å². The molecule has 0 aliphatic heterocycles. The molecule has 0 spiro atoms. The van der Waals surface area contributed by atoms with E-state index in [-0.39, 0.29) is 5.41 Å². The highest BCUT2D eigenvalue weighted by molar-refractivity contribution is 5.25. The summed E-state index contributed by atoms with van der Waals surface area (Å²) in [5.41, 5.74) is 6.19. The second-order valence-electron chi connectivity index (χ2n) is 5.50. The van der Waals surface area contributed by atoms with E-state index in [1.54, 1.807) is 12.1 Å². The highest BCUT2D eigenvalue weighted by Crippen LogP contribution is 2.46. The highest BCUT2D eigenvalue weighted by atomic mass is 19.4. The first-order valence-corrected chi connectivity index (χ1v) is 6.21. The van der Waals surface area contributed by atoms with Gasteiger partial charge < -0.3 is 5.73 Å². The minimum absolute atomic E-state index is 0.0275. The van der Waals surface area contributed by atoms with E-state index in [0.717, 1.165) is 24.1 Å². The van der Waals surface area contributed by atoms with Crippen LogP contribution in [0.25, 0.3) is 0 Å². The van der Waals surface area contributed by atoms with Crippen molar-refractivity contribution in [2.45, 2.75) is 32.4 Å². The van der Waals surface area contributed by atoms with Gasteiger partial charge in [-0.1, -0.05) is 19.1 Å². The van der Waals surface area contributed by atoms with Crippen molar-refractivity contribution in [3.05, 3.63) is 35.4 Å². The minimum Gasteiger partial charge on any atom is -0.330 e. The standard InChI is InChI=1S/C14H18F3N/c1-13(9-18,11-6-7-11)8-10-2-4-12(5-3-10)14(15,16)17/h2-5,11H,6-9,18H2,1H3. The van der Waals surface area contributed by atoms with Crippen molar-refractivity contribution in [3.63, 3.8) is 0 Å². The maximum atomic E-state index is 12.4. The number of halogens is 3. The molecule has 100 valence electrons. The summed E-state index contributed by atoms with van der Waals surface area (Å²) in [5.74, 6) is 0.629. The predicted molar refractivity (Wildman–Crippen MR) is 65.0 cm³/mol. The van der Waals surface area contributed by atoms with Crippen molar-refractivity contribution in [2.75, 3.05) is 6.54 Å². The fourth-order valence-electron chi connectivity index (χ4n) is 2.44.